The van der Waals surface area contributed by atoms with E-state index in [1.165, 1.54) is 12.1 Å². The fourth-order valence-corrected chi connectivity index (χ4v) is 4.13. The highest BCUT2D eigenvalue weighted by Crippen LogP contribution is 2.25. The first-order valence-electron chi connectivity index (χ1n) is 8.44. The van der Waals surface area contributed by atoms with E-state index in [0.29, 0.717) is 10.7 Å². The molecule has 0 aliphatic rings. The van der Waals surface area contributed by atoms with Crippen LogP contribution in [0.1, 0.15) is 31.9 Å². The molecule has 0 fully saturated rings. The van der Waals surface area contributed by atoms with Crippen molar-refractivity contribution < 1.29 is 17.6 Å². The second-order valence-electron chi connectivity index (χ2n) is 6.24. The Balaban J connectivity index is 2.28. The van der Waals surface area contributed by atoms with E-state index in [2.05, 4.69) is 5.32 Å². The topological polar surface area (TPSA) is 66.5 Å². The molecular weight excluding hydrogens is 391 g/mol. The van der Waals surface area contributed by atoms with Gasteiger partial charge in [-0.05, 0) is 55.3 Å². The van der Waals surface area contributed by atoms with E-state index in [0.717, 1.165) is 16.1 Å². The second kappa shape index (κ2) is 8.71. The Morgan fingerprint density at radius 3 is 2.19 bits per heavy atom. The molecule has 0 radical (unpaired) electrons. The van der Waals surface area contributed by atoms with E-state index in [9.17, 15) is 17.6 Å². The van der Waals surface area contributed by atoms with Crippen molar-refractivity contribution in [2.24, 2.45) is 0 Å². The second-order valence-corrected chi connectivity index (χ2v) is 8.54. The van der Waals surface area contributed by atoms with Crippen molar-refractivity contribution in [3.8, 4) is 0 Å². The average molecular weight is 413 g/mol. The first kappa shape index (κ1) is 21.2. The van der Waals surface area contributed by atoms with E-state index < -0.39 is 28.0 Å². The number of nitrogens with one attached hydrogen (secondary N) is 1. The van der Waals surface area contributed by atoms with Gasteiger partial charge in [0.15, 0.2) is 0 Å². The van der Waals surface area contributed by atoms with Crippen LogP contribution in [-0.2, 0) is 14.8 Å². The van der Waals surface area contributed by atoms with Gasteiger partial charge in [0.1, 0.15) is 11.9 Å². The molecule has 1 amide bonds. The Kier molecular flexibility index (Phi) is 6.84. The molecule has 0 unspecified atom stereocenters. The number of hydrogen-bond donors (Lipinski definition) is 1. The Morgan fingerprint density at radius 2 is 1.70 bits per heavy atom. The van der Waals surface area contributed by atoms with E-state index in [1.807, 2.05) is 0 Å². The lowest BCUT2D eigenvalue weighted by Crippen LogP contribution is -2.49. The molecule has 0 saturated heterocycles. The maximum Gasteiger partial charge on any atom is 0.244 e. The number of carbonyl (C=O) groups excluding carboxylic acids is 1. The fraction of sp³-hybridized carbons (Fsp3) is 0.316. The van der Waals surface area contributed by atoms with Crippen molar-refractivity contribution >= 4 is 33.2 Å². The first-order valence-corrected chi connectivity index (χ1v) is 10.7. The highest BCUT2D eigenvalue weighted by molar-refractivity contribution is 7.92. The summed E-state index contributed by atoms with van der Waals surface area (Å²) in [6.45, 7) is 3.49. The first-order chi connectivity index (χ1) is 12.6. The third kappa shape index (κ3) is 5.43. The van der Waals surface area contributed by atoms with E-state index in [4.69, 9.17) is 11.6 Å². The predicted octanol–water partition coefficient (Wildman–Crippen LogP) is 3.90. The van der Waals surface area contributed by atoms with Crippen LogP contribution in [0.5, 0.6) is 0 Å². The van der Waals surface area contributed by atoms with Crippen molar-refractivity contribution in [3.63, 3.8) is 0 Å². The van der Waals surface area contributed by atoms with Gasteiger partial charge in [-0.3, -0.25) is 9.10 Å². The van der Waals surface area contributed by atoms with Crippen molar-refractivity contribution in [2.75, 3.05) is 10.6 Å². The summed E-state index contributed by atoms with van der Waals surface area (Å²) < 4.78 is 38.9. The lowest BCUT2D eigenvalue weighted by Gasteiger charge is -2.31. The third-order valence-electron chi connectivity index (χ3n) is 4.14. The molecule has 5 nitrogen and oxygen atoms in total. The van der Waals surface area contributed by atoms with Crippen LogP contribution in [0.4, 0.5) is 10.1 Å². The molecule has 0 heterocycles. The van der Waals surface area contributed by atoms with Crippen LogP contribution in [0.15, 0.2) is 48.5 Å². The van der Waals surface area contributed by atoms with Gasteiger partial charge >= 0.3 is 0 Å². The van der Waals surface area contributed by atoms with Gasteiger partial charge in [0.05, 0.1) is 18.0 Å². The molecule has 0 aliphatic carbocycles. The van der Waals surface area contributed by atoms with Gasteiger partial charge in [0, 0.05) is 5.02 Å². The Morgan fingerprint density at radius 1 is 1.15 bits per heavy atom. The van der Waals surface area contributed by atoms with Crippen LogP contribution >= 0.6 is 11.6 Å². The maximum atomic E-state index is 13.1. The number of anilines is 1. The standard InChI is InChI=1S/C19H22ClFN2O3S/c1-4-18(19(24)22-13(2)14-5-9-16(21)10-6-14)23(27(3,25)26)17-11-7-15(20)8-12-17/h5-13,18H,4H2,1-3H3,(H,22,24)/t13-,18+/m0/s1. The van der Waals surface area contributed by atoms with E-state index in [1.54, 1.807) is 50.2 Å². The summed E-state index contributed by atoms with van der Waals surface area (Å²) in [6, 6.07) is 10.7. The summed E-state index contributed by atoms with van der Waals surface area (Å²) in [5.41, 5.74) is 1.08. The van der Waals surface area contributed by atoms with Gasteiger partial charge in [0.25, 0.3) is 0 Å². The summed E-state index contributed by atoms with van der Waals surface area (Å²) in [6.07, 6.45) is 1.33. The molecular formula is C19H22ClFN2O3S. The van der Waals surface area contributed by atoms with Crippen LogP contribution < -0.4 is 9.62 Å². The van der Waals surface area contributed by atoms with Crippen LogP contribution in [0.3, 0.4) is 0 Å². The molecule has 2 atom stereocenters. The molecule has 0 aliphatic heterocycles. The molecule has 2 aromatic rings. The number of benzene rings is 2. The van der Waals surface area contributed by atoms with Crippen LogP contribution in [0, 0.1) is 5.82 Å². The molecule has 1 N–H and O–H groups in total. The van der Waals surface area contributed by atoms with E-state index >= 15 is 0 Å². The molecule has 0 saturated carbocycles. The normalized spacial score (nSPS) is 13.7. The van der Waals surface area contributed by atoms with Gasteiger partial charge in [-0.25, -0.2) is 12.8 Å². The molecule has 0 aromatic heterocycles. The Labute approximate surface area is 164 Å². The molecule has 146 valence electrons. The minimum atomic E-state index is -3.71. The number of sulfonamides is 1. The minimum Gasteiger partial charge on any atom is -0.348 e. The fourth-order valence-electron chi connectivity index (χ4n) is 2.79. The minimum absolute atomic E-state index is 0.275. The zero-order valence-electron chi connectivity index (χ0n) is 15.3. The van der Waals surface area contributed by atoms with Crippen molar-refractivity contribution in [3.05, 3.63) is 64.9 Å². The SMILES string of the molecule is CC[C@H](C(=O)N[C@@H](C)c1ccc(F)cc1)N(c1ccc(Cl)cc1)S(C)(=O)=O. The highest BCUT2D eigenvalue weighted by atomic mass is 35.5. The number of rotatable bonds is 7. The molecule has 2 rings (SSSR count). The van der Waals surface area contributed by atoms with Gasteiger partial charge in [-0.1, -0.05) is 30.7 Å². The summed E-state index contributed by atoms with van der Waals surface area (Å²) in [5.74, 6) is -0.801. The molecule has 8 heteroatoms. The highest BCUT2D eigenvalue weighted by Gasteiger charge is 2.32. The molecule has 2 aromatic carbocycles. The third-order valence-corrected chi connectivity index (χ3v) is 5.57. The van der Waals surface area contributed by atoms with Crippen molar-refractivity contribution in [1.82, 2.24) is 5.32 Å². The zero-order valence-corrected chi connectivity index (χ0v) is 16.9. The van der Waals surface area contributed by atoms with Gasteiger partial charge in [-0.15, -0.1) is 0 Å². The van der Waals surface area contributed by atoms with Gasteiger partial charge in [-0.2, -0.15) is 0 Å². The van der Waals surface area contributed by atoms with Crippen LogP contribution in [0.2, 0.25) is 5.02 Å². The van der Waals surface area contributed by atoms with Gasteiger partial charge in [0.2, 0.25) is 15.9 Å². The lowest BCUT2D eigenvalue weighted by atomic mass is 10.1. The number of carbonyl (C=O) groups is 1. The summed E-state index contributed by atoms with van der Waals surface area (Å²) in [4.78, 5) is 12.8. The smallest absolute Gasteiger partial charge is 0.244 e. The predicted molar refractivity (Wildman–Crippen MR) is 106 cm³/mol. The molecule has 0 bridgehead atoms. The summed E-state index contributed by atoms with van der Waals surface area (Å²) in [5, 5.41) is 3.27. The van der Waals surface area contributed by atoms with Crippen molar-refractivity contribution in [2.45, 2.75) is 32.4 Å². The number of amides is 1. The number of hydrogen-bond acceptors (Lipinski definition) is 3. The van der Waals surface area contributed by atoms with Crippen molar-refractivity contribution in [1.29, 1.82) is 0 Å². The summed E-state index contributed by atoms with van der Waals surface area (Å²) in [7, 11) is -3.71. The Bertz CT molecular complexity index is 886. The molecule has 0 spiro atoms. The number of halogens is 2. The monoisotopic (exact) mass is 412 g/mol. The zero-order chi connectivity index (χ0) is 20.2. The lowest BCUT2D eigenvalue weighted by molar-refractivity contribution is -0.122. The van der Waals surface area contributed by atoms with Crippen LogP contribution in [-0.4, -0.2) is 26.6 Å². The average Bonchev–Trinajstić information content (AvgIpc) is 2.60. The van der Waals surface area contributed by atoms with Crippen LogP contribution in [0.25, 0.3) is 0 Å². The largest absolute Gasteiger partial charge is 0.348 e. The quantitative estimate of drug-likeness (QED) is 0.749. The Hall–Kier alpha value is -2.12. The van der Waals surface area contributed by atoms with E-state index in [-0.39, 0.29) is 12.2 Å². The number of nitrogens with zero attached hydrogens (tertiary/aromatic N) is 1. The van der Waals surface area contributed by atoms with Gasteiger partial charge < -0.3 is 5.32 Å². The summed E-state index contributed by atoms with van der Waals surface area (Å²) >= 11 is 5.88. The maximum absolute atomic E-state index is 13.1. The molecule has 27 heavy (non-hydrogen) atoms.